The van der Waals surface area contributed by atoms with Crippen LogP contribution < -0.4 is 10.5 Å². The van der Waals surface area contributed by atoms with E-state index in [1.54, 1.807) is 6.20 Å². The highest BCUT2D eigenvalue weighted by atomic mass is 16.5. The van der Waals surface area contributed by atoms with Gasteiger partial charge in [0.25, 0.3) is 0 Å². The molecule has 3 nitrogen and oxygen atoms in total. The zero-order chi connectivity index (χ0) is 12.1. The summed E-state index contributed by atoms with van der Waals surface area (Å²) in [4.78, 5) is 4.24. The highest BCUT2D eigenvalue weighted by Gasteiger charge is 2.06. The summed E-state index contributed by atoms with van der Waals surface area (Å²) in [5.74, 6) is 0.676. The molecular weight excluding hydrogens is 212 g/mol. The molecule has 17 heavy (non-hydrogen) atoms. The van der Waals surface area contributed by atoms with Crippen LogP contribution in [-0.2, 0) is 6.54 Å². The van der Waals surface area contributed by atoms with Crippen LogP contribution in [0.2, 0.25) is 0 Å². The molecule has 0 fully saturated rings. The molecule has 3 heteroatoms. The lowest BCUT2D eigenvalue weighted by atomic mass is 10.1. The van der Waals surface area contributed by atoms with Crippen LogP contribution in [0.5, 0.6) is 5.88 Å². The molecule has 0 aliphatic rings. The third-order valence-electron chi connectivity index (χ3n) is 2.55. The lowest BCUT2D eigenvalue weighted by molar-refractivity contribution is 0.328. The van der Waals surface area contributed by atoms with Gasteiger partial charge in [-0.1, -0.05) is 24.3 Å². The minimum absolute atomic E-state index is 0.561. The van der Waals surface area contributed by atoms with E-state index in [-0.39, 0.29) is 0 Å². The number of ether oxygens (including phenoxy) is 1. The SMILES string of the molecule is CCOc1ncccc1-c1ccc(CN)cc1. The molecule has 0 spiro atoms. The molecule has 0 atom stereocenters. The van der Waals surface area contributed by atoms with Crippen LogP contribution in [0.15, 0.2) is 42.6 Å². The maximum Gasteiger partial charge on any atom is 0.221 e. The summed E-state index contributed by atoms with van der Waals surface area (Å²) in [5.41, 5.74) is 8.81. The molecule has 1 aromatic heterocycles. The first-order valence-corrected chi connectivity index (χ1v) is 5.72. The number of rotatable bonds is 4. The minimum atomic E-state index is 0.561. The van der Waals surface area contributed by atoms with Gasteiger partial charge in [-0.05, 0) is 30.2 Å². The highest BCUT2D eigenvalue weighted by Crippen LogP contribution is 2.27. The van der Waals surface area contributed by atoms with Gasteiger partial charge in [-0.25, -0.2) is 4.98 Å². The van der Waals surface area contributed by atoms with Gasteiger partial charge in [0.15, 0.2) is 0 Å². The second-order valence-corrected chi connectivity index (χ2v) is 3.69. The smallest absolute Gasteiger partial charge is 0.221 e. The van der Waals surface area contributed by atoms with E-state index in [0.29, 0.717) is 19.0 Å². The fourth-order valence-electron chi connectivity index (χ4n) is 1.68. The second kappa shape index (κ2) is 5.46. The van der Waals surface area contributed by atoms with Crippen LogP contribution in [0.4, 0.5) is 0 Å². The number of hydrogen-bond acceptors (Lipinski definition) is 3. The van der Waals surface area contributed by atoms with Crippen molar-refractivity contribution >= 4 is 0 Å². The molecule has 0 aliphatic carbocycles. The first-order chi connectivity index (χ1) is 8.35. The van der Waals surface area contributed by atoms with E-state index >= 15 is 0 Å². The topological polar surface area (TPSA) is 48.1 Å². The number of aromatic nitrogens is 1. The van der Waals surface area contributed by atoms with Crippen LogP contribution >= 0.6 is 0 Å². The molecule has 1 aromatic carbocycles. The predicted octanol–water partition coefficient (Wildman–Crippen LogP) is 2.61. The molecule has 0 saturated carbocycles. The van der Waals surface area contributed by atoms with Crippen molar-refractivity contribution in [3.05, 3.63) is 48.2 Å². The van der Waals surface area contributed by atoms with E-state index in [9.17, 15) is 0 Å². The first-order valence-electron chi connectivity index (χ1n) is 5.72. The maximum atomic E-state index is 5.58. The van der Waals surface area contributed by atoms with Gasteiger partial charge in [-0.2, -0.15) is 0 Å². The average Bonchev–Trinajstić information content (AvgIpc) is 2.40. The Hall–Kier alpha value is -1.87. The van der Waals surface area contributed by atoms with Crippen LogP contribution in [0.25, 0.3) is 11.1 Å². The normalized spacial score (nSPS) is 10.2. The Morgan fingerprint density at radius 3 is 2.59 bits per heavy atom. The third kappa shape index (κ3) is 2.63. The molecule has 0 saturated heterocycles. The first kappa shape index (κ1) is 11.6. The largest absolute Gasteiger partial charge is 0.478 e. The summed E-state index contributed by atoms with van der Waals surface area (Å²) >= 11 is 0. The van der Waals surface area contributed by atoms with Crippen molar-refractivity contribution in [2.45, 2.75) is 13.5 Å². The van der Waals surface area contributed by atoms with Crippen molar-refractivity contribution in [3.63, 3.8) is 0 Å². The summed E-state index contributed by atoms with van der Waals surface area (Å²) < 4.78 is 5.51. The molecule has 2 aromatic rings. The standard InChI is InChI=1S/C14H16N2O/c1-2-17-14-13(4-3-9-16-14)12-7-5-11(10-15)6-8-12/h3-9H,2,10,15H2,1H3. The molecule has 1 heterocycles. The Balaban J connectivity index is 2.37. The summed E-state index contributed by atoms with van der Waals surface area (Å²) in [6.45, 7) is 3.13. The minimum Gasteiger partial charge on any atom is -0.478 e. The van der Waals surface area contributed by atoms with E-state index in [1.807, 2.05) is 43.3 Å². The van der Waals surface area contributed by atoms with E-state index in [2.05, 4.69) is 4.98 Å². The van der Waals surface area contributed by atoms with Crippen LogP contribution in [-0.4, -0.2) is 11.6 Å². The van der Waals surface area contributed by atoms with Crippen LogP contribution in [0, 0.1) is 0 Å². The monoisotopic (exact) mass is 228 g/mol. The van der Waals surface area contributed by atoms with Gasteiger partial charge in [0.1, 0.15) is 0 Å². The van der Waals surface area contributed by atoms with Gasteiger partial charge in [-0.15, -0.1) is 0 Å². The molecule has 2 N–H and O–H groups in total. The van der Waals surface area contributed by atoms with E-state index in [1.165, 1.54) is 0 Å². The van der Waals surface area contributed by atoms with Crippen LogP contribution in [0.3, 0.4) is 0 Å². The fraction of sp³-hybridized carbons (Fsp3) is 0.214. The van der Waals surface area contributed by atoms with E-state index in [4.69, 9.17) is 10.5 Å². The molecule has 0 amide bonds. The molecule has 0 unspecified atom stereocenters. The molecular formula is C14H16N2O. The molecule has 0 radical (unpaired) electrons. The summed E-state index contributed by atoms with van der Waals surface area (Å²) in [7, 11) is 0. The zero-order valence-corrected chi connectivity index (χ0v) is 9.89. The van der Waals surface area contributed by atoms with Gasteiger partial charge in [0, 0.05) is 18.3 Å². The van der Waals surface area contributed by atoms with Crippen molar-refractivity contribution in [2.75, 3.05) is 6.61 Å². The van der Waals surface area contributed by atoms with Crippen molar-refractivity contribution in [2.24, 2.45) is 5.73 Å². The van der Waals surface area contributed by atoms with Crippen molar-refractivity contribution < 1.29 is 4.74 Å². The van der Waals surface area contributed by atoms with Crippen molar-refractivity contribution in [1.29, 1.82) is 0 Å². The number of nitrogens with two attached hydrogens (primary N) is 1. The van der Waals surface area contributed by atoms with Crippen LogP contribution in [0.1, 0.15) is 12.5 Å². The van der Waals surface area contributed by atoms with Gasteiger partial charge in [0.2, 0.25) is 5.88 Å². The Morgan fingerprint density at radius 2 is 1.94 bits per heavy atom. The Labute approximate surface area is 101 Å². The lowest BCUT2D eigenvalue weighted by Gasteiger charge is -2.09. The Morgan fingerprint density at radius 1 is 1.18 bits per heavy atom. The molecule has 88 valence electrons. The summed E-state index contributed by atoms with van der Waals surface area (Å²) in [6.07, 6.45) is 1.74. The fourth-order valence-corrected chi connectivity index (χ4v) is 1.68. The average molecular weight is 228 g/mol. The zero-order valence-electron chi connectivity index (χ0n) is 9.89. The molecule has 0 bridgehead atoms. The molecule has 2 rings (SSSR count). The number of pyridine rings is 1. The summed E-state index contributed by atoms with van der Waals surface area (Å²) in [6, 6.07) is 12.1. The Kier molecular flexibility index (Phi) is 3.73. The van der Waals surface area contributed by atoms with Gasteiger partial charge in [0.05, 0.1) is 6.61 Å². The third-order valence-corrected chi connectivity index (χ3v) is 2.55. The Bertz CT molecular complexity index is 480. The highest BCUT2D eigenvalue weighted by molar-refractivity contribution is 5.68. The second-order valence-electron chi connectivity index (χ2n) is 3.69. The van der Waals surface area contributed by atoms with Crippen molar-refractivity contribution in [3.8, 4) is 17.0 Å². The maximum absolute atomic E-state index is 5.58. The van der Waals surface area contributed by atoms with Gasteiger partial charge >= 0.3 is 0 Å². The van der Waals surface area contributed by atoms with Crippen molar-refractivity contribution in [1.82, 2.24) is 4.98 Å². The quantitative estimate of drug-likeness (QED) is 0.875. The van der Waals surface area contributed by atoms with E-state index < -0.39 is 0 Å². The van der Waals surface area contributed by atoms with Gasteiger partial charge in [-0.3, -0.25) is 0 Å². The summed E-state index contributed by atoms with van der Waals surface area (Å²) in [5, 5.41) is 0. The predicted molar refractivity (Wildman–Crippen MR) is 68.7 cm³/mol. The number of nitrogens with zero attached hydrogens (tertiary/aromatic N) is 1. The number of hydrogen-bond donors (Lipinski definition) is 1. The van der Waals surface area contributed by atoms with Gasteiger partial charge < -0.3 is 10.5 Å². The lowest BCUT2D eigenvalue weighted by Crippen LogP contribution is -1.97. The van der Waals surface area contributed by atoms with E-state index in [0.717, 1.165) is 16.7 Å². The molecule has 0 aliphatic heterocycles. The number of benzene rings is 1.